The second-order valence-corrected chi connectivity index (χ2v) is 5.85. The molecule has 0 aliphatic carbocycles. The zero-order chi connectivity index (χ0) is 17.1. The minimum Gasteiger partial charge on any atom is -0.497 e. The molecule has 0 amide bonds. The zero-order valence-corrected chi connectivity index (χ0v) is 14.3. The van der Waals surface area contributed by atoms with Gasteiger partial charge in [-0.05, 0) is 24.3 Å². The van der Waals surface area contributed by atoms with Gasteiger partial charge in [0.1, 0.15) is 30.8 Å². The van der Waals surface area contributed by atoms with Crippen LogP contribution in [0.15, 0.2) is 48.5 Å². The number of aromatic nitrogens is 2. The summed E-state index contributed by atoms with van der Waals surface area (Å²) in [6.07, 6.45) is -0.606. The second-order valence-electron chi connectivity index (χ2n) is 5.85. The van der Waals surface area contributed by atoms with Crippen molar-refractivity contribution in [1.29, 1.82) is 0 Å². The summed E-state index contributed by atoms with van der Waals surface area (Å²) in [6.45, 7) is 2.76. The highest BCUT2D eigenvalue weighted by molar-refractivity contribution is 5.72. The van der Waals surface area contributed by atoms with Gasteiger partial charge in [0, 0.05) is 13.0 Å². The molecule has 126 valence electrons. The molecular formula is C19H23N2O3+. The van der Waals surface area contributed by atoms with E-state index >= 15 is 0 Å². The maximum Gasteiger partial charge on any atom is 0.254 e. The van der Waals surface area contributed by atoms with Gasteiger partial charge in [0.2, 0.25) is 0 Å². The molecule has 5 heteroatoms. The van der Waals surface area contributed by atoms with Crippen LogP contribution in [0.4, 0.5) is 0 Å². The molecular weight excluding hydrogens is 304 g/mol. The Labute approximate surface area is 141 Å². The molecule has 1 heterocycles. The topological polar surface area (TPSA) is 47.5 Å². The highest BCUT2D eigenvalue weighted by atomic mass is 16.5. The smallest absolute Gasteiger partial charge is 0.254 e. The first-order chi connectivity index (χ1) is 11.6. The van der Waals surface area contributed by atoms with Gasteiger partial charge in [0.15, 0.2) is 11.0 Å². The number of hydrogen-bond donors (Lipinski definition) is 1. The molecule has 0 fully saturated rings. The third-order valence-electron chi connectivity index (χ3n) is 4.29. The molecule has 3 rings (SSSR count). The quantitative estimate of drug-likeness (QED) is 0.706. The largest absolute Gasteiger partial charge is 0.497 e. The predicted molar refractivity (Wildman–Crippen MR) is 92.3 cm³/mol. The monoisotopic (exact) mass is 327 g/mol. The zero-order valence-electron chi connectivity index (χ0n) is 14.3. The Morgan fingerprint density at radius 1 is 1.12 bits per heavy atom. The first-order valence-electron chi connectivity index (χ1n) is 7.99. The van der Waals surface area contributed by atoms with Crippen molar-refractivity contribution in [2.24, 2.45) is 7.05 Å². The third-order valence-corrected chi connectivity index (χ3v) is 4.29. The molecule has 1 aromatic heterocycles. The van der Waals surface area contributed by atoms with E-state index in [1.54, 1.807) is 7.11 Å². The van der Waals surface area contributed by atoms with Crippen molar-refractivity contribution in [3.05, 3.63) is 54.4 Å². The summed E-state index contributed by atoms with van der Waals surface area (Å²) in [7, 11) is 3.65. The van der Waals surface area contributed by atoms with E-state index in [9.17, 15) is 5.11 Å². The van der Waals surface area contributed by atoms with Crippen LogP contribution in [0.3, 0.4) is 0 Å². The van der Waals surface area contributed by atoms with Crippen LogP contribution >= 0.6 is 0 Å². The molecule has 5 nitrogen and oxygen atoms in total. The van der Waals surface area contributed by atoms with E-state index in [0.29, 0.717) is 12.3 Å². The fourth-order valence-corrected chi connectivity index (χ4v) is 2.88. The minimum atomic E-state index is -0.606. The fraction of sp³-hybridized carbons (Fsp3) is 0.316. The number of aliphatic hydroxyl groups is 1. The van der Waals surface area contributed by atoms with Gasteiger partial charge in [-0.1, -0.05) is 18.2 Å². The van der Waals surface area contributed by atoms with Gasteiger partial charge in [-0.2, -0.15) is 0 Å². The molecule has 0 spiro atoms. The number of fused-ring (bicyclic) bond motifs is 1. The van der Waals surface area contributed by atoms with E-state index < -0.39 is 6.10 Å². The maximum atomic E-state index is 10.4. The highest BCUT2D eigenvalue weighted by Crippen LogP contribution is 2.19. The summed E-state index contributed by atoms with van der Waals surface area (Å²) in [4.78, 5) is 0. The summed E-state index contributed by atoms with van der Waals surface area (Å²) in [6, 6.07) is 15.6. The Balaban J connectivity index is 1.71. The summed E-state index contributed by atoms with van der Waals surface area (Å²) in [5.74, 6) is 2.52. The maximum absolute atomic E-state index is 10.4. The third kappa shape index (κ3) is 3.21. The molecule has 0 saturated carbocycles. The average Bonchev–Trinajstić information content (AvgIpc) is 2.85. The average molecular weight is 327 g/mol. The number of aliphatic hydroxyl groups excluding tert-OH is 1. The van der Waals surface area contributed by atoms with Crippen molar-refractivity contribution in [2.45, 2.75) is 19.6 Å². The van der Waals surface area contributed by atoms with Crippen LogP contribution < -0.4 is 14.0 Å². The standard InChI is InChI=1S/C19H23N2O3/c1-14-20(2)18-9-4-5-10-19(18)21(14)12-15(22)13-24-17-8-6-7-16(11-17)23-3/h4-11,15,22H,12-13H2,1-3H3/q+1/t15-/m0/s1. The van der Waals surface area contributed by atoms with Crippen molar-refractivity contribution in [2.75, 3.05) is 13.7 Å². The van der Waals surface area contributed by atoms with E-state index in [0.717, 1.165) is 22.6 Å². The number of nitrogens with zero attached hydrogens (tertiary/aromatic N) is 2. The van der Waals surface area contributed by atoms with E-state index in [-0.39, 0.29) is 6.61 Å². The lowest BCUT2D eigenvalue weighted by Gasteiger charge is -2.12. The Morgan fingerprint density at radius 3 is 2.67 bits per heavy atom. The number of imidazole rings is 1. The van der Waals surface area contributed by atoms with Gasteiger partial charge in [0.05, 0.1) is 14.2 Å². The fourth-order valence-electron chi connectivity index (χ4n) is 2.88. The SMILES string of the molecule is COc1cccc(OC[C@@H](O)Cn2c(C)[n+](C)c3ccccc32)c1. The minimum absolute atomic E-state index is 0.225. The van der Waals surface area contributed by atoms with E-state index in [4.69, 9.17) is 9.47 Å². The van der Waals surface area contributed by atoms with Crippen LogP contribution in [0.1, 0.15) is 5.82 Å². The van der Waals surface area contributed by atoms with Gasteiger partial charge < -0.3 is 14.6 Å². The number of rotatable bonds is 6. The molecule has 0 radical (unpaired) electrons. The van der Waals surface area contributed by atoms with Gasteiger partial charge in [-0.25, -0.2) is 9.13 Å². The summed E-state index contributed by atoms with van der Waals surface area (Å²) >= 11 is 0. The number of para-hydroxylation sites is 2. The van der Waals surface area contributed by atoms with Crippen LogP contribution in [0.5, 0.6) is 11.5 Å². The molecule has 24 heavy (non-hydrogen) atoms. The normalized spacial score (nSPS) is 12.3. The number of aryl methyl sites for hydroxylation is 1. The number of benzene rings is 2. The molecule has 0 aliphatic rings. The van der Waals surface area contributed by atoms with Crippen molar-refractivity contribution in [3.8, 4) is 11.5 Å². The summed E-state index contributed by atoms with van der Waals surface area (Å²) < 4.78 is 15.1. The molecule has 0 bridgehead atoms. The van der Waals surface area contributed by atoms with E-state index in [1.165, 1.54) is 0 Å². The number of methoxy groups -OCH3 is 1. The lowest BCUT2D eigenvalue weighted by Crippen LogP contribution is -2.32. The van der Waals surface area contributed by atoms with Crippen LogP contribution in [0.2, 0.25) is 0 Å². The lowest BCUT2D eigenvalue weighted by molar-refractivity contribution is -0.652. The van der Waals surface area contributed by atoms with Crippen molar-refractivity contribution in [3.63, 3.8) is 0 Å². The Kier molecular flexibility index (Phi) is 4.71. The number of hydrogen-bond acceptors (Lipinski definition) is 3. The predicted octanol–water partition coefficient (Wildman–Crippen LogP) is 2.22. The van der Waals surface area contributed by atoms with E-state index in [2.05, 4.69) is 28.2 Å². The molecule has 3 aromatic rings. The number of ether oxygens (including phenoxy) is 2. The molecule has 1 N–H and O–H groups in total. The lowest BCUT2D eigenvalue weighted by atomic mass is 10.3. The molecule has 0 unspecified atom stereocenters. The first-order valence-corrected chi connectivity index (χ1v) is 7.99. The molecule has 2 aromatic carbocycles. The van der Waals surface area contributed by atoms with Crippen LogP contribution in [-0.2, 0) is 13.6 Å². The molecule has 1 atom stereocenters. The van der Waals surface area contributed by atoms with Gasteiger partial charge in [0.25, 0.3) is 5.82 Å². The second kappa shape index (κ2) is 6.93. The Morgan fingerprint density at radius 2 is 1.88 bits per heavy atom. The Bertz CT molecular complexity index is 842. The molecule has 0 aliphatic heterocycles. The Hall–Kier alpha value is -2.53. The van der Waals surface area contributed by atoms with Crippen LogP contribution in [0.25, 0.3) is 11.0 Å². The summed E-state index contributed by atoms with van der Waals surface area (Å²) in [5.41, 5.74) is 2.26. The van der Waals surface area contributed by atoms with Crippen molar-refractivity contribution >= 4 is 11.0 Å². The summed E-state index contributed by atoms with van der Waals surface area (Å²) in [5, 5.41) is 10.4. The van der Waals surface area contributed by atoms with Crippen molar-refractivity contribution in [1.82, 2.24) is 4.57 Å². The van der Waals surface area contributed by atoms with Gasteiger partial charge >= 0.3 is 0 Å². The first kappa shape index (κ1) is 16.3. The highest BCUT2D eigenvalue weighted by Gasteiger charge is 2.21. The van der Waals surface area contributed by atoms with E-state index in [1.807, 2.05) is 43.4 Å². The molecule has 0 saturated heterocycles. The van der Waals surface area contributed by atoms with Gasteiger partial charge in [-0.3, -0.25) is 0 Å². The van der Waals surface area contributed by atoms with Crippen LogP contribution in [0, 0.1) is 6.92 Å². The van der Waals surface area contributed by atoms with Crippen LogP contribution in [-0.4, -0.2) is 29.5 Å². The van der Waals surface area contributed by atoms with Gasteiger partial charge in [-0.15, -0.1) is 0 Å². The van der Waals surface area contributed by atoms with Crippen molar-refractivity contribution < 1.29 is 19.1 Å².